The van der Waals surface area contributed by atoms with Crippen LogP contribution in [0.3, 0.4) is 0 Å². The van der Waals surface area contributed by atoms with Gasteiger partial charge in [0.25, 0.3) is 0 Å². The molecule has 1 fully saturated rings. The summed E-state index contributed by atoms with van der Waals surface area (Å²) in [6.45, 7) is 0. The Bertz CT molecular complexity index is 516. The van der Waals surface area contributed by atoms with Crippen LogP contribution in [0.25, 0.3) is 0 Å². The van der Waals surface area contributed by atoms with E-state index >= 15 is 0 Å². The van der Waals surface area contributed by atoms with Gasteiger partial charge in [-0.25, -0.2) is 0 Å². The summed E-state index contributed by atoms with van der Waals surface area (Å²) in [6.07, 6.45) is 5.65. The maximum atomic E-state index is 12.3. The lowest BCUT2D eigenvalue weighted by molar-refractivity contribution is -0.128. The molecule has 0 spiro atoms. The average Bonchev–Trinajstić information content (AvgIpc) is 2.52. The minimum absolute atomic E-state index is 0.129. The molecule has 1 saturated carbocycles. The number of carbonyl (C=O) groups excluding carboxylic acids is 1. The molecule has 1 unspecified atom stereocenters. The summed E-state index contributed by atoms with van der Waals surface area (Å²) in [4.78, 5) is 12.3. The molecule has 118 valence electrons. The van der Waals surface area contributed by atoms with Crippen LogP contribution in [-0.2, 0) is 4.79 Å². The zero-order valence-electron chi connectivity index (χ0n) is 12.9. The maximum Gasteiger partial charge on any atom is 0.223 e. The second-order valence-corrected chi connectivity index (χ2v) is 6.19. The molecule has 22 heavy (non-hydrogen) atoms. The third-order valence-corrected chi connectivity index (χ3v) is 4.36. The van der Waals surface area contributed by atoms with Gasteiger partial charge in [-0.3, -0.25) is 4.79 Å². The van der Waals surface area contributed by atoms with Crippen molar-refractivity contribution in [3.05, 3.63) is 35.9 Å². The molecule has 1 aromatic rings. The predicted molar refractivity (Wildman–Crippen MR) is 84.8 cm³/mol. The summed E-state index contributed by atoms with van der Waals surface area (Å²) in [7, 11) is 0. The number of nitrogens with zero attached hydrogens (tertiary/aromatic N) is 1. The fraction of sp³-hybridized carbons (Fsp3) is 0.556. The molecule has 0 aromatic heterocycles. The standard InChI is InChI=1S/C18H24N2O2/c19-13-7-10-16(15-8-3-1-4-9-15)20-17(21)14-18(22)11-5-2-6-12-18/h1,3-4,8-9,16,22H,2,5-7,10-12,14H2,(H,20,21). The predicted octanol–water partition coefficient (Wildman–Crippen LogP) is 3.23. The minimum atomic E-state index is -0.848. The molecule has 0 radical (unpaired) electrons. The van der Waals surface area contributed by atoms with Crippen molar-refractivity contribution in [2.24, 2.45) is 0 Å². The first-order valence-corrected chi connectivity index (χ1v) is 8.07. The number of aliphatic hydroxyl groups is 1. The van der Waals surface area contributed by atoms with Crippen molar-refractivity contribution < 1.29 is 9.90 Å². The van der Waals surface area contributed by atoms with Crippen LogP contribution >= 0.6 is 0 Å². The SMILES string of the molecule is N#CCCC(NC(=O)CC1(O)CCCCC1)c1ccccc1. The number of nitriles is 1. The van der Waals surface area contributed by atoms with Crippen molar-refractivity contribution >= 4 is 5.91 Å². The zero-order valence-corrected chi connectivity index (χ0v) is 12.9. The molecule has 1 aliphatic carbocycles. The van der Waals surface area contributed by atoms with Gasteiger partial charge in [0.15, 0.2) is 0 Å². The molecule has 0 saturated heterocycles. The highest BCUT2D eigenvalue weighted by molar-refractivity contribution is 5.77. The Morgan fingerprint density at radius 3 is 2.59 bits per heavy atom. The number of hydrogen-bond donors (Lipinski definition) is 2. The van der Waals surface area contributed by atoms with Gasteiger partial charge in [-0.2, -0.15) is 5.26 Å². The molecule has 0 heterocycles. The molecule has 1 aromatic carbocycles. The van der Waals surface area contributed by atoms with Crippen molar-refractivity contribution in [3.63, 3.8) is 0 Å². The topological polar surface area (TPSA) is 73.1 Å². The molecule has 0 aliphatic heterocycles. The number of hydrogen-bond acceptors (Lipinski definition) is 3. The Hall–Kier alpha value is -1.86. The van der Waals surface area contributed by atoms with Gasteiger partial charge in [0.1, 0.15) is 0 Å². The van der Waals surface area contributed by atoms with Crippen molar-refractivity contribution in [3.8, 4) is 6.07 Å². The smallest absolute Gasteiger partial charge is 0.223 e. The molecule has 1 amide bonds. The van der Waals surface area contributed by atoms with E-state index in [-0.39, 0.29) is 18.4 Å². The molecule has 1 atom stereocenters. The molecule has 1 aliphatic rings. The summed E-state index contributed by atoms with van der Waals surface area (Å²) in [5.41, 5.74) is 0.153. The van der Waals surface area contributed by atoms with Crippen molar-refractivity contribution in [2.45, 2.75) is 63.0 Å². The van der Waals surface area contributed by atoms with Gasteiger partial charge < -0.3 is 10.4 Å². The molecular weight excluding hydrogens is 276 g/mol. The van der Waals surface area contributed by atoms with E-state index in [1.165, 1.54) is 0 Å². The highest BCUT2D eigenvalue weighted by atomic mass is 16.3. The van der Waals surface area contributed by atoms with Gasteiger partial charge in [-0.1, -0.05) is 49.6 Å². The molecule has 4 heteroatoms. The summed E-state index contributed by atoms with van der Waals surface area (Å²) >= 11 is 0. The first-order valence-electron chi connectivity index (χ1n) is 8.07. The number of nitrogens with one attached hydrogen (secondary N) is 1. The van der Waals surface area contributed by atoms with Gasteiger partial charge in [-0.15, -0.1) is 0 Å². The fourth-order valence-corrected chi connectivity index (χ4v) is 3.15. The Morgan fingerprint density at radius 1 is 1.27 bits per heavy atom. The first kappa shape index (κ1) is 16.5. The number of carbonyl (C=O) groups is 1. The summed E-state index contributed by atoms with van der Waals surface area (Å²) in [5.74, 6) is -0.129. The van der Waals surface area contributed by atoms with Crippen molar-refractivity contribution in [1.82, 2.24) is 5.32 Å². The van der Waals surface area contributed by atoms with Gasteiger partial charge in [0, 0.05) is 6.42 Å². The zero-order chi connectivity index (χ0) is 15.8. The molecule has 0 bridgehead atoms. The lowest BCUT2D eigenvalue weighted by Gasteiger charge is -2.32. The normalized spacial score (nSPS) is 18.2. The van der Waals surface area contributed by atoms with E-state index in [1.807, 2.05) is 30.3 Å². The van der Waals surface area contributed by atoms with Crippen LogP contribution in [-0.4, -0.2) is 16.6 Å². The van der Waals surface area contributed by atoms with Crippen LogP contribution in [0, 0.1) is 11.3 Å². The second-order valence-electron chi connectivity index (χ2n) is 6.19. The van der Waals surface area contributed by atoms with Crippen LogP contribution in [0.1, 0.15) is 63.0 Å². The highest BCUT2D eigenvalue weighted by Crippen LogP contribution is 2.31. The number of rotatable bonds is 6. The molecular formula is C18H24N2O2. The van der Waals surface area contributed by atoms with E-state index in [1.54, 1.807) is 0 Å². The third kappa shape index (κ3) is 4.85. The molecule has 4 nitrogen and oxygen atoms in total. The van der Waals surface area contributed by atoms with Crippen LogP contribution in [0.15, 0.2) is 30.3 Å². The van der Waals surface area contributed by atoms with Crippen LogP contribution in [0.2, 0.25) is 0 Å². The van der Waals surface area contributed by atoms with E-state index in [2.05, 4.69) is 11.4 Å². The fourth-order valence-electron chi connectivity index (χ4n) is 3.15. The van der Waals surface area contributed by atoms with Gasteiger partial charge in [0.05, 0.1) is 24.1 Å². The van der Waals surface area contributed by atoms with Crippen molar-refractivity contribution in [2.75, 3.05) is 0 Å². The van der Waals surface area contributed by atoms with Crippen molar-refractivity contribution in [1.29, 1.82) is 5.26 Å². The quantitative estimate of drug-likeness (QED) is 0.847. The Balaban J connectivity index is 1.97. The lowest BCUT2D eigenvalue weighted by atomic mass is 9.82. The van der Waals surface area contributed by atoms with E-state index in [0.29, 0.717) is 25.7 Å². The average molecular weight is 300 g/mol. The summed E-state index contributed by atoms with van der Waals surface area (Å²) in [5, 5.41) is 22.3. The van der Waals surface area contributed by atoms with Gasteiger partial charge in [-0.05, 0) is 24.8 Å². The largest absolute Gasteiger partial charge is 0.389 e. The highest BCUT2D eigenvalue weighted by Gasteiger charge is 2.32. The number of amides is 1. The Kier molecular flexibility index (Phi) is 5.97. The van der Waals surface area contributed by atoms with E-state index in [0.717, 1.165) is 24.8 Å². The number of benzene rings is 1. The second kappa shape index (κ2) is 7.95. The van der Waals surface area contributed by atoms with E-state index in [9.17, 15) is 9.90 Å². The molecule has 2 N–H and O–H groups in total. The Morgan fingerprint density at radius 2 is 1.95 bits per heavy atom. The third-order valence-electron chi connectivity index (χ3n) is 4.36. The minimum Gasteiger partial charge on any atom is -0.389 e. The van der Waals surface area contributed by atoms with Gasteiger partial charge in [0.2, 0.25) is 5.91 Å². The van der Waals surface area contributed by atoms with E-state index < -0.39 is 5.60 Å². The molecule has 2 rings (SSSR count). The lowest BCUT2D eigenvalue weighted by Crippen LogP contribution is -2.39. The monoisotopic (exact) mass is 300 g/mol. The first-order chi connectivity index (χ1) is 10.6. The van der Waals surface area contributed by atoms with Crippen LogP contribution in [0.4, 0.5) is 0 Å². The van der Waals surface area contributed by atoms with Crippen LogP contribution < -0.4 is 5.32 Å². The maximum absolute atomic E-state index is 12.3. The Labute approximate surface area is 132 Å². The summed E-state index contributed by atoms with van der Waals surface area (Å²) in [6, 6.07) is 11.7. The van der Waals surface area contributed by atoms with Crippen LogP contribution in [0.5, 0.6) is 0 Å². The van der Waals surface area contributed by atoms with Gasteiger partial charge >= 0.3 is 0 Å². The van der Waals surface area contributed by atoms with E-state index in [4.69, 9.17) is 5.26 Å². The summed E-state index contributed by atoms with van der Waals surface area (Å²) < 4.78 is 0.